The number of benzene rings is 1. The molecule has 3 N–H and O–H groups in total. The first kappa shape index (κ1) is 15.3. The molecule has 0 saturated heterocycles. The van der Waals surface area contributed by atoms with Gasteiger partial charge in [0.25, 0.3) is 0 Å². The van der Waals surface area contributed by atoms with Crippen LogP contribution < -0.4 is 20.5 Å². The van der Waals surface area contributed by atoms with Crippen molar-refractivity contribution in [2.24, 2.45) is 5.73 Å². The van der Waals surface area contributed by atoms with E-state index in [0.717, 1.165) is 12.0 Å². The fourth-order valence-corrected chi connectivity index (χ4v) is 1.68. The summed E-state index contributed by atoms with van der Waals surface area (Å²) < 4.78 is 10.4. The van der Waals surface area contributed by atoms with E-state index in [1.54, 1.807) is 14.2 Å². The number of carbonyl (C=O) groups excluding carboxylic acids is 1. The van der Waals surface area contributed by atoms with Crippen LogP contribution in [0, 0.1) is 0 Å². The Morgan fingerprint density at radius 1 is 1.32 bits per heavy atom. The van der Waals surface area contributed by atoms with E-state index in [9.17, 15) is 4.79 Å². The van der Waals surface area contributed by atoms with Crippen molar-refractivity contribution in [1.82, 2.24) is 5.32 Å². The second-order valence-corrected chi connectivity index (χ2v) is 4.25. The zero-order valence-corrected chi connectivity index (χ0v) is 11.7. The Morgan fingerprint density at radius 2 is 2.00 bits per heavy atom. The third kappa shape index (κ3) is 4.44. The van der Waals surface area contributed by atoms with Gasteiger partial charge in [0.05, 0.1) is 20.3 Å². The minimum absolute atomic E-state index is 0.108. The molecule has 1 rings (SSSR count). The third-order valence-electron chi connectivity index (χ3n) is 2.94. The van der Waals surface area contributed by atoms with Gasteiger partial charge in [0.15, 0.2) is 11.5 Å². The van der Waals surface area contributed by atoms with Gasteiger partial charge in [-0.15, -0.1) is 0 Å². The summed E-state index contributed by atoms with van der Waals surface area (Å²) in [6.07, 6.45) is 1.37. The van der Waals surface area contributed by atoms with Gasteiger partial charge in [0, 0.05) is 6.54 Å². The summed E-state index contributed by atoms with van der Waals surface area (Å²) in [5, 5.41) is 2.81. The van der Waals surface area contributed by atoms with Crippen LogP contribution in [0.25, 0.3) is 0 Å². The number of amides is 1. The van der Waals surface area contributed by atoms with Crippen LogP contribution in [-0.2, 0) is 11.2 Å². The first-order valence-corrected chi connectivity index (χ1v) is 6.36. The average Bonchev–Trinajstić information content (AvgIpc) is 2.45. The predicted octanol–water partition coefficient (Wildman–Crippen LogP) is 1.10. The summed E-state index contributed by atoms with van der Waals surface area (Å²) in [7, 11) is 3.20. The quantitative estimate of drug-likeness (QED) is 0.775. The Hall–Kier alpha value is -1.75. The van der Waals surface area contributed by atoms with E-state index in [-0.39, 0.29) is 5.91 Å². The topological polar surface area (TPSA) is 73.6 Å². The number of methoxy groups -OCH3 is 2. The van der Waals surface area contributed by atoms with Crippen LogP contribution in [0.4, 0.5) is 0 Å². The van der Waals surface area contributed by atoms with Gasteiger partial charge in [0.1, 0.15) is 0 Å². The van der Waals surface area contributed by atoms with E-state index in [0.29, 0.717) is 24.5 Å². The summed E-state index contributed by atoms with van der Waals surface area (Å²) in [6, 6.07) is 5.29. The summed E-state index contributed by atoms with van der Waals surface area (Å²) in [5.74, 6) is 1.28. The number of hydrogen-bond acceptors (Lipinski definition) is 4. The summed E-state index contributed by atoms with van der Waals surface area (Å²) in [4.78, 5) is 11.5. The lowest BCUT2D eigenvalue weighted by Gasteiger charge is -2.11. The first-order valence-electron chi connectivity index (χ1n) is 6.36. The molecule has 1 unspecified atom stereocenters. The molecule has 0 aliphatic rings. The highest BCUT2D eigenvalue weighted by molar-refractivity contribution is 5.81. The van der Waals surface area contributed by atoms with E-state index < -0.39 is 6.04 Å². The molecule has 5 nitrogen and oxygen atoms in total. The molecule has 19 heavy (non-hydrogen) atoms. The molecular formula is C14H22N2O3. The number of nitrogens with two attached hydrogens (primary N) is 1. The summed E-state index contributed by atoms with van der Waals surface area (Å²) >= 11 is 0. The first-order chi connectivity index (χ1) is 9.12. The molecule has 1 aromatic carbocycles. The summed E-state index contributed by atoms with van der Waals surface area (Å²) in [6.45, 7) is 2.45. The zero-order chi connectivity index (χ0) is 14.3. The van der Waals surface area contributed by atoms with Crippen molar-refractivity contribution < 1.29 is 14.3 Å². The maximum atomic E-state index is 11.5. The van der Waals surface area contributed by atoms with Crippen molar-refractivity contribution in [3.63, 3.8) is 0 Å². The Morgan fingerprint density at radius 3 is 2.58 bits per heavy atom. The maximum Gasteiger partial charge on any atom is 0.236 e. The average molecular weight is 266 g/mol. The largest absolute Gasteiger partial charge is 0.493 e. The Kier molecular flexibility index (Phi) is 6.15. The molecule has 0 aliphatic heterocycles. The molecule has 106 valence electrons. The van der Waals surface area contributed by atoms with E-state index in [1.807, 2.05) is 25.1 Å². The number of ether oxygens (including phenoxy) is 2. The second-order valence-electron chi connectivity index (χ2n) is 4.25. The Labute approximate surface area is 114 Å². The van der Waals surface area contributed by atoms with E-state index in [2.05, 4.69) is 5.32 Å². The van der Waals surface area contributed by atoms with Crippen LogP contribution >= 0.6 is 0 Å². The van der Waals surface area contributed by atoms with Crippen molar-refractivity contribution in [2.45, 2.75) is 25.8 Å². The minimum atomic E-state index is -0.426. The number of carbonyl (C=O) groups is 1. The van der Waals surface area contributed by atoms with Crippen LogP contribution in [0.3, 0.4) is 0 Å². The molecule has 0 heterocycles. The molecule has 0 aliphatic carbocycles. The molecule has 0 spiro atoms. The van der Waals surface area contributed by atoms with Gasteiger partial charge >= 0.3 is 0 Å². The van der Waals surface area contributed by atoms with Crippen LogP contribution in [0.1, 0.15) is 18.9 Å². The molecule has 1 aromatic rings. The molecule has 0 radical (unpaired) electrons. The highest BCUT2D eigenvalue weighted by atomic mass is 16.5. The molecule has 1 atom stereocenters. The zero-order valence-electron chi connectivity index (χ0n) is 11.7. The minimum Gasteiger partial charge on any atom is -0.493 e. The van der Waals surface area contributed by atoms with Gasteiger partial charge in [-0.2, -0.15) is 0 Å². The number of rotatable bonds is 7. The molecule has 0 aromatic heterocycles. The normalized spacial score (nSPS) is 11.8. The number of nitrogens with one attached hydrogen (secondary N) is 1. The van der Waals surface area contributed by atoms with Crippen LogP contribution in [0.5, 0.6) is 11.5 Å². The molecule has 0 bridgehead atoms. The fraction of sp³-hybridized carbons (Fsp3) is 0.500. The predicted molar refractivity (Wildman–Crippen MR) is 74.5 cm³/mol. The smallest absolute Gasteiger partial charge is 0.236 e. The molecule has 0 fully saturated rings. The van der Waals surface area contributed by atoms with E-state index in [4.69, 9.17) is 15.2 Å². The Bertz CT molecular complexity index is 421. The van der Waals surface area contributed by atoms with Crippen molar-refractivity contribution in [3.05, 3.63) is 23.8 Å². The monoisotopic (exact) mass is 266 g/mol. The van der Waals surface area contributed by atoms with Crippen molar-refractivity contribution in [3.8, 4) is 11.5 Å². The third-order valence-corrected chi connectivity index (χ3v) is 2.94. The maximum absolute atomic E-state index is 11.5. The Balaban J connectivity index is 2.52. The van der Waals surface area contributed by atoms with Crippen molar-refractivity contribution >= 4 is 5.91 Å². The lowest BCUT2D eigenvalue weighted by atomic mass is 10.1. The highest BCUT2D eigenvalue weighted by Crippen LogP contribution is 2.27. The molecule has 5 heteroatoms. The lowest BCUT2D eigenvalue weighted by Crippen LogP contribution is -2.40. The SMILES string of the molecule is CCC(N)C(=O)NCCc1ccc(OC)c(OC)c1. The molecule has 0 saturated carbocycles. The van der Waals surface area contributed by atoms with Crippen molar-refractivity contribution in [2.75, 3.05) is 20.8 Å². The second kappa shape index (κ2) is 7.63. The van der Waals surface area contributed by atoms with Gasteiger partial charge in [-0.1, -0.05) is 13.0 Å². The van der Waals surface area contributed by atoms with Gasteiger partial charge < -0.3 is 20.5 Å². The van der Waals surface area contributed by atoms with Gasteiger partial charge in [-0.25, -0.2) is 0 Å². The van der Waals surface area contributed by atoms with Gasteiger partial charge in [0.2, 0.25) is 5.91 Å². The lowest BCUT2D eigenvalue weighted by molar-refractivity contribution is -0.122. The van der Waals surface area contributed by atoms with Gasteiger partial charge in [-0.3, -0.25) is 4.79 Å². The fourth-order valence-electron chi connectivity index (χ4n) is 1.68. The van der Waals surface area contributed by atoms with Gasteiger partial charge in [-0.05, 0) is 30.5 Å². The standard InChI is InChI=1S/C14H22N2O3/c1-4-11(15)14(17)16-8-7-10-5-6-12(18-2)13(9-10)19-3/h5-6,9,11H,4,7-8,15H2,1-3H3,(H,16,17). The van der Waals surface area contributed by atoms with Crippen LogP contribution in [-0.4, -0.2) is 32.7 Å². The van der Waals surface area contributed by atoms with Crippen molar-refractivity contribution in [1.29, 1.82) is 0 Å². The highest BCUT2D eigenvalue weighted by Gasteiger charge is 2.10. The summed E-state index contributed by atoms with van der Waals surface area (Å²) in [5.41, 5.74) is 6.70. The van der Waals surface area contributed by atoms with Crippen LogP contribution in [0.2, 0.25) is 0 Å². The van der Waals surface area contributed by atoms with E-state index in [1.165, 1.54) is 0 Å². The molecule has 1 amide bonds. The number of hydrogen-bond donors (Lipinski definition) is 2. The van der Waals surface area contributed by atoms with E-state index >= 15 is 0 Å². The van der Waals surface area contributed by atoms with Crippen LogP contribution in [0.15, 0.2) is 18.2 Å². The molecular weight excluding hydrogens is 244 g/mol.